The van der Waals surface area contributed by atoms with Crippen LogP contribution in [0.2, 0.25) is 54.4 Å². The molecule has 0 rings (SSSR count). The zero-order valence-electron chi connectivity index (χ0n) is 29.5. The number of hydrogen-bond donors (Lipinski definition) is 0. The minimum absolute atomic E-state index is 0.480. The lowest BCUT2D eigenvalue weighted by Crippen LogP contribution is -2.60. The molecule has 0 bridgehead atoms. The van der Waals surface area contributed by atoms with E-state index in [2.05, 4.69) is 152 Å². The molecule has 0 aliphatic rings. The van der Waals surface area contributed by atoms with Gasteiger partial charge < -0.3 is 4.12 Å². The molecular weight excluding hydrogens is 485 g/mol. The van der Waals surface area contributed by atoms with E-state index in [4.69, 9.17) is 4.12 Å². The lowest BCUT2D eigenvalue weighted by atomic mass is 10.2. The van der Waals surface area contributed by atoms with Gasteiger partial charge in [0.1, 0.15) is 0 Å². The Morgan fingerprint density at radius 2 is 0.500 bits per heavy atom. The first-order chi connectivity index (χ1) is 15.8. The average Bonchev–Trinajstić information content (AvgIpc) is 2.58. The second-order valence-electron chi connectivity index (χ2n) is 16.4. The zero-order valence-corrected chi connectivity index (χ0v) is 32.5. The Bertz CT molecular complexity index is 519. The lowest BCUT2D eigenvalue weighted by molar-refractivity contribution is 0.426. The van der Waals surface area contributed by atoms with Crippen LogP contribution in [0.3, 0.4) is 0 Å². The molecule has 220 valence electrons. The van der Waals surface area contributed by atoms with Crippen molar-refractivity contribution < 1.29 is 4.12 Å². The molecule has 0 amide bonds. The molecule has 1 nitrogen and oxygen atoms in total. The van der Waals surface area contributed by atoms with Gasteiger partial charge in [0.25, 0.3) is 0 Å². The van der Waals surface area contributed by atoms with E-state index < -0.39 is 24.7 Å². The summed E-state index contributed by atoms with van der Waals surface area (Å²) in [5.41, 5.74) is 5.78. The predicted molar refractivity (Wildman–Crippen MR) is 179 cm³/mol. The summed E-state index contributed by atoms with van der Waals surface area (Å²) in [5.74, 6) is 0. The molecule has 0 aliphatic carbocycles. The van der Waals surface area contributed by atoms with Crippen molar-refractivity contribution in [2.24, 2.45) is 0 Å². The SMILES string of the molecule is CC(C)[Si](C(C)C)(C(C)(C)C)C(C)(C)C.CC(C)[Si](O[Si](C(C)C)(C(C)C)C(C)C)(C(C)C)C(C)C. The third-order valence-corrected chi connectivity index (χ3v) is 32.3. The largest absolute Gasteiger partial charge is 0.454 e. The Morgan fingerprint density at radius 3 is 0.556 bits per heavy atom. The van der Waals surface area contributed by atoms with Crippen LogP contribution < -0.4 is 0 Å². The van der Waals surface area contributed by atoms with E-state index in [0.29, 0.717) is 43.3 Å². The number of rotatable bonds is 10. The molecule has 0 atom stereocenters. The Balaban J connectivity index is 0. The first-order valence-electron chi connectivity index (χ1n) is 15.5. The maximum atomic E-state index is 7.47. The molecule has 0 unspecified atom stereocenters. The van der Waals surface area contributed by atoms with Gasteiger partial charge in [0.15, 0.2) is 16.6 Å². The molecule has 0 fully saturated rings. The zero-order chi connectivity index (χ0) is 29.8. The molecule has 0 spiro atoms. The minimum Gasteiger partial charge on any atom is -0.454 e. The van der Waals surface area contributed by atoms with Crippen molar-refractivity contribution in [1.29, 1.82) is 0 Å². The third-order valence-electron chi connectivity index (χ3n) is 10.1. The van der Waals surface area contributed by atoms with Gasteiger partial charge >= 0.3 is 0 Å². The highest BCUT2D eigenvalue weighted by molar-refractivity contribution is 6.90. The van der Waals surface area contributed by atoms with Gasteiger partial charge in [-0.05, 0) is 54.4 Å². The van der Waals surface area contributed by atoms with Crippen molar-refractivity contribution in [2.75, 3.05) is 0 Å². The number of hydrogen-bond acceptors (Lipinski definition) is 1. The van der Waals surface area contributed by atoms with E-state index in [0.717, 1.165) is 11.1 Å². The van der Waals surface area contributed by atoms with Crippen LogP contribution in [0.5, 0.6) is 0 Å². The van der Waals surface area contributed by atoms with Crippen molar-refractivity contribution in [3.63, 3.8) is 0 Å². The van der Waals surface area contributed by atoms with Crippen LogP contribution in [-0.4, -0.2) is 24.7 Å². The van der Waals surface area contributed by atoms with Crippen LogP contribution in [0.4, 0.5) is 0 Å². The summed E-state index contributed by atoms with van der Waals surface area (Å²) < 4.78 is 7.47. The summed E-state index contributed by atoms with van der Waals surface area (Å²) in [6.45, 7) is 53.5. The van der Waals surface area contributed by atoms with Crippen molar-refractivity contribution >= 4 is 24.7 Å². The summed E-state index contributed by atoms with van der Waals surface area (Å²) in [4.78, 5) is 0. The molecule has 0 aliphatic heterocycles. The van der Waals surface area contributed by atoms with Crippen molar-refractivity contribution in [3.8, 4) is 0 Å². The van der Waals surface area contributed by atoms with Crippen molar-refractivity contribution in [3.05, 3.63) is 0 Å². The highest BCUT2D eigenvalue weighted by Gasteiger charge is 2.56. The average molecular weight is 559 g/mol. The Labute approximate surface area is 235 Å². The van der Waals surface area contributed by atoms with Crippen LogP contribution in [0, 0.1) is 0 Å². The lowest BCUT2D eigenvalue weighted by Gasteiger charge is -2.57. The fraction of sp³-hybridized carbons (Fsp3) is 1.00. The van der Waals surface area contributed by atoms with Gasteiger partial charge in [0, 0.05) is 0 Å². The topological polar surface area (TPSA) is 9.23 Å². The van der Waals surface area contributed by atoms with Crippen LogP contribution >= 0.6 is 0 Å². The molecule has 36 heavy (non-hydrogen) atoms. The summed E-state index contributed by atoms with van der Waals surface area (Å²) >= 11 is 0. The van der Waals surface area contributed by atoms with Gasteiger partial charge in [-0.2, -0.15) is 0 Å². The fourth-order valence-electron chi connectivity index (χ4n) is 10.3. The Hall–Kier alpha value is 0.611. The van der Waals surface area contributed by atoms with Crippen molar-refractivity contribution in [1.82, 2.24) is 0 Å². The molecule has 0 heterocycles. The monoisotopic (exact) mass is 559 g/mol. The maximum absolute atomic E-state index is 7.47. The summed E-state index contributed by atoms with van der Waals surface area (Å²) in [6.07, 6.45) is 0. The van der Waals surface area contributed by atoms with Crippen LogP contribution in [0.25, 0.3) is 0 Å². The van der Waals surface area contributed by atoms with E-state index in [1.165, 1.54) is 0 Å². The van der Waals surface area contributed by atoms with Gasteiger partial charge in [-0.15, -0.1) is 0 Å². The third kappa shape index (κ3) is 7.42. The van der Waals surface area contributed by atoms with E-state index >= 15 is 0 Å². The molecule has 0 saturated carbocycles. The van der Waals surface area contributed by atoms with Crippen LogP contribution in [0.1, 0.15) is 152 Å². The Kier molecular flexibility index (Phi) is 14.9. The predicted octanol–water partition coefficient (Wildman–Crippen LogP) is 13.2. The Morgan fingerprint density at radius 1 is 0.333 bits per heavy atom. The smallest absolute Gasteiger partial charge is 0.187 e. The van der Waals surface area contributed by atoms with Gasteiger partial charge in [0.05, 0.1) is 8.07 Å². The van der Waals surface area contributed by atoms with E-state index in [1.54, 1.807) is 0 Å². The molecule has 0 radical (unpaired) electrons. The van der Waals surface area contributed by atoms with Gasteiger partial charge in [-0.25, -0.2) is 0 Å². The second-order valence-corrected chi connectivity index (χ2v) is 34.6. The molecule has 0 aromatic rings. The van der Waals surface area contributed by atoms with Gasteiger partial charge in [-0.3, -0.25) is 0 Å². The standard InChI is InChI=1S/C18H42OSi2.C14H32Si/c1-13(2)20(14(3)4,15(5)6)19-21(16(7)8,17(9)10)18(11)12;1-11(2)15(12(3)4,13(5,6)7)14(8,9)10/h13-18H,1-12H3;11-12H,1-10H3. The summed E-state index contributed by atoms with van der Waals surface area (Å²) in [6, 6.07) is 0. The molecular formula is C32H74OSi3. The quantitative estimate of drug-likeness (QED) is 0.242. The fourth-order valence-corrected chi connectivity index (χ4v) is 36.9. The first-order valence-corrected chi connectivity index (χ1v) is 21.9. The maximum Gasteiger partial charge on any atom is 0.187 e. The normalized spacial score (nSPS) is 14.8. The second kappa shape index (κ2) is 13.8. The summed E-state index contributed by atoms with van der Waals surface area (Å²) in [7, 11) is -4.93. The minimum atomic E-state index is -1.79. The van der Waals surface area contributed by atoms with Crippen LogP contribution in [0.15, 0.2) is 0 Å². The molecule has 4 heteroatoms. The molecule has 0 aromatic heterocycles. The summed E-state index contributed by atoms with van der Waals surface area (Å²) in [5, 5.41) is 0.959. The molecule has 0 saturated heterocycles. The highest BCUT2D eigenvalue weighted by atomic mass is 28.4. The van der Waals surface area contributed by atoms with Crippen molar-refractivity contribution in [2.45, 2.75) is 207 Å². The highest BCUT2D eigenvalue weighted by Crippen LogP contribution is 2.61. The van der Waals surface area contributed by atoms with E-state index in [1.807, 2.05) is 0 Å². The van der Waals surface area contributed by atoms with Crippen LogP contribution in [-0.2, 0) is 4.12 Å². The van der Waals surface area contributed by atoms with Gasteiger partial charge in [-0.1, -0.05) is 152 Å². The van der Waals surface area contributed by atoms with E-state index in [-0.39, 0.29) is 0 Å². The molecule has 0 N–H and O–H groups in total. The van der Waals surface area contributed by atoms with E-state index in [9.17, 15) is 0 Å². The first kappa shape index (κ1) is 38.8. The van der Waals surface area contributed by atoms with Gasteiger partial charge in [0.2, 0.25) is 0 Å². The molecule has 0 aromatic carbocycles.